The molecule has 0 amide bonds. The first-order valence-corrected chi connectivity index (χ1v) is 6.04. The molecule has 0 unspecified atom stereocenters. The lowest BCUT2D eigenvalue weighted by Crippen LogP contribution is -2.16. The molecule has 0 atom stereocenters. The van der Waals surface area contributed by atoms with Gasteiger partial charge in [0.2, 0.25) is 5.55 Å². The fourth-order valence-electron chi connectivity index (χ4n) is 1.68. The van der Waals surface area contributed by atoms with Crippen molar-refractivity contribution in [2.75, 3.05) is 6.61 Å². The van der Waals surface area contributed by atoms with E-state index in [1.807, 2.05) is 31.2 Å². The fourth-order valence-corrected chi connectivity index (χ4v) is 1.68. The topological polar surface area (TPSA) is 63.3 Å². The molecule has 2 rings (SSSR count). The molecule has 0 spiro atoms. The molecule has 4 nitrogen and oxygen atoms in total. The molecule has 0 fully saturated rings. The molecule has 2 aromatic rings. The number of ether oxygens (including phenoxy) is 1. The SMILES string of the molecule is CCOC(=O)c1ccc(-c2ccc(C)cc2)oc1=N. The second-order valence-electron chi connectivity index (χ2n) is 4.13. The highest BCUT2D eigenvalue weighted by Gasteiger charge is 2.11. The fraction of sp³-hybridized carbons (Fsp3) is 0.200. The molecule has 1 N–H and O–H groups in total. The first-order valence-electron chi connectivity index (χ1n) is 6.04. The summed E-state index contributed by atoms with van der Waals surface area (Å²) >= 11 is 0. The Hall–Kier alpha value is -2.36. The molecule has 1 heterocycles. The van der Waals surface area contributed by atoms with Gasteiger partial charge < -0.3 is 9.15 Å². The van der Waals surface area contributed by atoms with Crippen LogP contribution in [0.2, 0.25) is 0 Å². The number of carbonyl (C=O) groups excluding carboxylic acids is 1. The summed E-state index contributed by atoms with van der Waals surface area (Å²) in [5.41, 5.74) is 1.97. The van der Waals surface area contributed by atoms with Gasteiger partial charge in [-0.05, 0) is 26.0 Å². The molecule has 0 radical (unpaired) electrons. The normalized spacial score (nSPS) is 10.2. The summed E-state index contributed by atoms with van der Waals surface area (Å²) in [6, 6.07) is 11.0. The van der Waals surface area contributed by atoms with Gasteiger partial charge in [-0.25, -0.2) is 4.79 Å². The van der Waals surface area contributed by atoms with Crippen molar-refractivity contribution in [3.05, 3.63) is 53.1 Å². The number of hydrogen-bond acceptors (Lipinski definition) is 4. The molecule has 1 aromatic carbocycles. The van der Waals surface area contributed by atoms with Crippen LogP contribution in [0.25, 0.3) is 11.3 Å². The van der Waals surface area contributed by atoms with Gasteiger partial charge in [0.15, 0.2) is 0 Å². The standard InChI is InChI=1S/C15H15NO3/c1-3-18-15(17)12-8-9-13(19-14(12)16)11-6-4-10(2)5-7-11/h4-9,16H,3H2,1-2H3. The van der Waals surface area contributed by atoms with Crippen molar-refractivity contribution in [2.45, 2.75) is 13.8 Å². The Labute approximate surface area is 111 Å². The van der Waals surface area contributed by atoms with E-state index < -0.39 is 5.97 Å². The molecule has 4 heteroatoms. The second kappa shape index (κ2) is 5.52. The second-order valence-corrected chi connectivity index (χ2v) is 4.13. The molecule has 0 aliphatic carbocycles. The number of aryl methyl sites for hydroxylation is 1. The van der Waals surface area contributed by atoms with Crippen LogP contribution in [0.4, 0.5) is 0 Å². The third kappa shape index (κ3) is 2.91. The van der Waals surface area contributed by atoms with Crippen molar-refractivity contribution in [3.8, 4) is 11.3 Å². The van der Waals surface area contributed by atoms with Gasteiger partial charge in [0.1, 0.15) is 11.3 Å². The average molecular weight is 257 g/mol. The molecular formula is C15H15NO3. The summed E-state index contributed by atoms with van der Waals surface area (Å²) in [6.07, 6.45) is 0. The number of carbonyl (C=O) groups is 1. The van der Waals surface area contributed by atoms with Crippen LogP contribution < -0.4 is 5.55 Å². The van der Waals surface area contributed by atoms with Crippen molar-refractivity contribution in [2.24, 2.45) is 0 Å². The summed E-state index contributed by atoms with van der Waals surface area (Å²) in [4.78, 5) is 11.6. The van der Waals surface area contributed by atoms with E-state index >= 15 is 0 Å². The Morgan fingerprint density at radius 2 is 1.89 bits per heavy atom. The van der Waals surface area contributed by atoms with Gasteiger partial charge in [-0.15, -0.1) is 0 Å². The van der Waals surface area contributed by atoms with E-state index in [2.05, 4.69) is 0 Å². The third-order valence-electron chi connectivity index (χ3n) is 2.69. The largest absolute Gasteiger partial charge is 0.462 e. The van der Waals surface area contributed by atoms with Crippen molar-refractivity contribution >= 4 is 5.97 Å². The third-order valence-corrected chi connectivity index (χ3v) is 2.69. The minimum Gasteiger partial charge on any atom is -0.462 e. The van der Waals surface area contributed by atoms with Crippen LogP contribution in [0.3, 0.4) is 0 Å². The summed E-state index contributed by atoms with van der Waals surface area (Å²) in [5.74, 6) is 0.0183. The molecule has 98 valence electrons. The molecule has 0 bridgehead atoms. The van der Waals surface area contributed by atoms with Crippen LogP contribution in [0.15, 0.2) is 40.8 Å². The molecule has 19 heavy (non-hydrogen) atoms. The first-order chi connectivity index (χ1) is 9.11. The van der Waals surface area contributed by atoms with E-state index in [-0.39, 0.29) is 17.7 Å². The van der Waals surface area contributed by atoms with E-state index in [9.17, 15) is 4.79 Å². The van der Waals surface area contributed by atoms with Crippen molar-refractivity contribution < 1.29 is 13.9 Å². The van der Waals surface area contributed by atoms with E-state index in [0.717, 1.165) is 11.1 Å². The molecule has 0 aliphatic heterocycles. The molecule has 0 saturated heterocycles. The number of benzene rings is 1. The summed E-state index contributed by atoms with van der Waals surface area (Å²) in [7, 11) is 0. The van der Waals surface area contributed by atoms with Gasteiger partial charge in [-0.3, -0.25) is 5.41 Å². The quantitative estimate of drug-likeness (QED) is 0.860. The Kier molecular flexibility index (Phi) is 3.80. The minimum atomic E-state index is -0.535. The summed E-state index contributed by atoms with van der Waals surface area (Å²) < 4.78 is 10.2. The number of esters is 1. The van der Waals surface area contributed by atoms with E-state index in [4.69, 9.17) is 14.6 Å². The predicted octanol–water partition coefficient (Wildman–Crippen LogP) is 2.91. The molecule has 0 aliphatic rings. The van der Waals surface area contributed by atoms with Crippen molar-refractivity contribution in [1.29, 1.82) is 5.41 Å². The first kappa shape index (κ1) is 13.1. The molecule has 1 aromatic heterocycles. The van der Waals surface area contributed by atoms with Crippen molar-refractivity contribution in [1.82, 2.24) is 0 Å². The van der Waals surface area contributed by atoms with Gasteiger partial charge in [0, 0.05) is 5.56 Å². The lowest BCUT2D eigenvalue weighted by atomic mass is 10.1. The van der Waals surface area contributed by atoms with E-state index in [1.165, 1.54) is 0 Å². The number of nitrogens with one attached hydrogen (secondary N) is 1. The minimum absolute atomic E-state index is 0.137. The Balaban J connectivity index is 2.36. The lowest BCUT2D eigenvalue weighted by molar-refractivity contribution is 0.0520. The number of rotatable bonds is 3. The maximum atomic E-state index is 11.6. The summed E-state index contributed by atoms with van der Waals surface area (Å²) in [6.45, 7) is 4.00. The maximum Gasteiger partial charge on any atom is 0.343 e. The van der Waals surface area contributed by atoms with Gasteiger partial charge in [0.25, 0.3) is 0 Å². The monoisotopic (exact) mass is 257 g/mol. The zero-order valence-electron chi connectivity index (χ0n) is 10.9. The highest BCUT2D eigenvalue weighted by Crippen LogP contribution is 2.18. The van der Waals surface area contributed by atoms with Crippen LogP contribution in [0.1, 0.15) is 22.8 Å². The lowest BCUT2D eigenvalue weighted by Gasteiger charge is -2.04. The number of hydrogen-bond donors (Lipinski definition) is 1. The van der Waals surface area contributed by atoms with E-state index in [0.29, 0.717) is 5.76 Å². The predicted molar refractivity (Wildman–Crippen MR) is 70.7 cm³/mol. The van der Waals surface area contributed by atoms with Crippen molar-refractivity contribution in [3.63, 3.8) is 0 Å². The van der Waals surface area contributed by atoms with Crippen LogP contribution in [-0.2, 0) is 4.74 Å². The van der Waals surface area contributed by atoms with Crippen LogP contribution in [0.5, 0.6) is 0 Å². The van der Waals surface area contributed by atoms with Crippen LogP contribution in [0, 0.1) is 12.3 Å². The zero-order chi connectivity index (χ0) is 13.8. The van der Waals surface area contributed by atoms with E-state index in [1.54, 1.807) is 19.1 Å². The van der Waals surface area contributed by atoms with Crippen LogP contribution in [-0.4, -0.2) is 12.6 Å². The highest BCUT2D eigenvalue weighted by molar-refractivity contribution is 5.88. The average Bonchev–Trinajstić information content (AvgIpc) is 2.39. The van der Waals surface area contributed by atoms with Crippen LogP contribution >= 0.6 is 0 Å². The van der Waals surface area contributed by atoms with Gasteiger partial charge in [0.05, 0.1) is 6.61 Å². The Bertz CT molecular complexity index is 641. The van der Waals surface area contributed by atoms with Gasteiger partial charge in [-0.1, -0.05) is 29.8 Å². The highest BCUT2D eigenvalue weighted by atomic mass is 16.5. The Morgan fingerprint density at radius 1 is 1.21 bits per heavy atom. The Morgan fingerprint density at radius 3 is 2.47 bits per heavy atom. The summed E-state index contributed by atoms with van der Waals surface area (Å²) in [5, 5.41) is 7.74. The van der Waals surface area contributed by atoms with Gasteiger partial charge >= 0.3 is 5.97 Å². The smallest absolute Gasteiger partial charge is 0.343 e. The zero-order valence-corrected chi connectivity index (χ0v) is 10.9. The molecule has 0 saturated carbocycles. The molecular weight excluding hydrogens is 242 g/mol. The van der Waals surface area contributed by atoms with Gasteiger partial charge in [-0.2, -0.15) is 0 Å². The maximum absolute atomic E-state index is 11.6.